The van der Waals surface area contributed by atoms with E-state index in [4.69, 9.17) is 9.71 Å². The minimum absolute atomic E-state index is 0.0112. The summed E-state index contributed by atoms with van der Waals surface area (Å²) in [6.45, 7) is 4.09. The van der Waals surface area contributed by atoms with Crippen LogP contribution in [0.25, 0.3) is 10.4 Å². The van der Waals surface area contributed by atoms with Gasteiger partial charge in [0.1, 0.15) is 11.6 Å². The number of hydrogen-bond donors (Lipinski definition) is 0. The molecule has 0 N–H and O–H groups in total. The third-order valence-electron chi connectivity index (χ3n) is 4.30. The summed E-state index contributed by atoms with van der Waals surface area (Å²) in [6, 6.07) is 13.8. The molecule has 9 nitrogen and oxygen atoms in total. The molecule has 3 rings (SSSR count). The van der Waals surface area contributed by atoms with Gasteiger partial charge in [-0.05, 0) is 35.7 Å². The third-order valence-corrected chi connectivity index (χ3v) is 5.62. The fourth-order valence-electron chi connectivity index (χ4n) is 2.99. The normalized spacial score (nSPS) is 11.3. The van der Waals surface area contributed by atoms with Crippen molar-refractivity contribution in [1.82, 2.24) is 14.5 Å². The zero-order valence-electron chi connectivity index (χ0n) is 16.7. The Morgan fingerprint density at radius 1 is 1.17 bits per heavy atom. The number of rotatable bonds is 9. The van der Waals surface area contributed by atoms with Crippen LogP contribution in [0.5, 0.6) is 5.75 Å². The third kappa shape index (κ3) is 4.97. The lowest BCUT2D eigenvalue weighted by atomic mass is 10.1. The Labute approximate surface area is 175 Å². The van der Waals surface area contributed by atoms with Gasteiger partial charge >= 0.3 is 10.1 Å². The molecule has 3 aromatic rings. The van der Waals surface area contributed by atoms with Crippen LogP contribution < -0.4 is 4.18 Å². The molecule has 0 radical (unpaired) electrons. The second kappa shape index (κ2) is 9.43. The summed E-state index contributed by atoms with van der Waals surface area (Å²) >= 11 is 0. The van der Waals surface area contributed by atoms with Gasteiger partial charge in [-0.15, -0.1) is 0 Å². The highest BCUT2D eigenvalue weighted by atomic mass is 32.2. The number of pyridine rings is 1. The van der Waals surface area contributed by atoms with E-state index in [1.165, 1.54) is 0 Å². The van der Waals surface area contributed by atoms with Crippen LogP contribution in [0, 0.1) is 0 Å². The molecule has 0 bridgehead atoms. The van der Waals surface area contributed by atoms with Gasteiger partial charge in [-0.2, -0.15) is 8.42 Å². The number of azide groups is 1. The highest BCUT2D eigenvalue weighted by Crippen LogP contribution is 2.28. The van der Waals surface area contributed by atoms with E-state index >= 15 is 0 Å². The Hall–Kier alpha value is -3.36. The number of nitrogens with zero attached hydrogens (tertiary/aromatic N) is 6. The molecule has 2 aromatic heterocycles. The van der Waals surface area contributed by atoms with Gasteiger partial charge in [-0.1, -0.05) is 43.2 Å². The zero-order valence-corrected chi connectivity index (χ0v) is 17.5. The molecule has 0 aliphatic rings. The van der Waals surface area contributed by atoms with Crippen molar-refractivity contribution in [2.75, 3.05) is 6.54 Å². The second-order valence-electron chi connectivity index (χ2n) is 6.84. The summed E-state index contributed by atoms with van der Waals surface area (Å²) in [4.78, 5) is 11.7. The first kappa shape index (κ1) is 21.4. The molecule has 0 aliphatic carbocycles. The Balaban J connectivity index is 2.13. The highest BCUT2D eigenvalue weighted by Gasteiger charge is 2.31. The van der Waals surface area contributed by atoms with Gasteiger partial charge in [0.05, 0.1) is 17.9 Å². The first-order chi connectivity index (χ1) is 14.4. The van der Waals surface area contributed by atoms with E-state index in [2.05, 4.69) is 20.0 Å². The molecule has 0 aliphatic heterocycles. The fraction of sp³-hybridized carbons (Fsp3) is 0.300. The molecule has 156 valence electrons. The molecule has 0 amide bonds. The maximum absolute atomic E-state index is 13.3. The van der Waals surface area contributed by atoms with E-state index in [1.54, 1.807) is 53.2 Å². The highest BCUT2D eigenvalue weighted by molar-refractivity contribution is 7.87. The predicted molar refractivity (Wildman–Crippen MR) is 112 cm³/mol. The zero-order chi connectivity index (χ0) is 21.6. The number of hydrogen-bond acceptors (Lipinski definition) is 6. The van der Waals surface area contributed by atoms with Crippen LogP contribution in [0.2, 0.25) is 0 Å². The van der Waals surface area contributed by atoms with Gasteiger partial charge in [-0.25, -0.2) is 4.98 Å². The van der Waals surface area contributed by atoms with Gasteiger partial charge in [0.25, 0.3) is 0 Å². The van der Waals surface area contributed by atoms with Crippen molar-refractivity contribution in [1.29, 1.82) is 0 Å². The SMILES string of the molecule is CC(C)c1nc(CCN=[N+]=[N-])n(Cc2ccccn2)c1S(=O)(=O)Oc1ccccc1. The molecular formula is C20H22N6O3S. The molecule has 0 fully saturated rings. The number of benzene rings is 1. The smallest absolute Gasteiger partial charge is 0.357 e. The van der Waals surface area contributed by atoms with Gasteiger partial charge in [0, 0.05) is 24.1 Å². The monoisotopic (exact) mass is 426 g/mol. The summed E-state index contributed by atoms with van der Waals surface area (Å²) in [5.41, 5.74) is 9.67. The van der Waals surface area contributed by atoms with Gasteiger partial charge in [0.15, 0.2) is 5.03 Å². The van der Waals surface area contributed by atoms with Gasteiger partial charge in [-0.3, -0.25) is 4.98 Å². The van der Waals surface area contributed by atoms with E-state index in [-0.39, 0.29) is 36.2 Å². The molecule has 0 spiro atoms. The first-order valence-electron chi connectivity index (χ1n) is 9.42. The molecule has 0 atom stereocenters. The summed E-state index contributed by atoms with van der Waals surface area (Å²) in [6.07, 6.45) is 1.93. The van der Waals surface area contributed by atoms with E-state index in [1.807, 2.05) is 19.9 Å². The van der Waals surface area contributed by atoms with Crippen LogP contribution in [0.1, 0.15) is 37.0 Å². The Kier molecular flexibility index (Phi) is 6.71. The quantitative estimate of drug-likeness (QED) is 0.221. The maximum Gasteiger partial charge on any atom is 0.357 e. The minimum Gasteiger partial charge on any atom is -0.378 e. The molecule has 10 heteroatoms. The molecule has 2 heterocycles. The van der Waals surface area contributed by atoms with Gasteiger partial charge < -0.3 is 8.75 Å². The molecule has 30 heavy (non-hydrogen) atoms. The van der Waals surface area contributed by atoms with Crippen molar-refractivity contribution < 1.29 is 12.6 Å². The molecule has 0 saturated heterocycles. The number of aromatic nitrogens is 3. The molecule has 0 unspecified atom stereocenters. The Bertz CT molecular complexity index is 1140. The number of imidazole rings is 1. The van der Waals surface area contributed by atoms with Crippen molar-refractivity contribution in [3.8, 4) is 5.75 Å². The first-order valence-corrected chi connectivity index (χ1v) is 10.8. The lowest BCUT2D eigenvalue weighted by Gasteiger charge is -2.14. The topological polar surface area (TPSA) is 123 Å². The summed E-state index contributed by atoms with van der Waals surface area (Å²) in [5, 5.41) is 3.55. The largest absolute Gasteiger partial charge is 0.378 e. The van der Waals surface area contributed by atoms with Crippen LogP contribution in [-0.4, -0.2) is 29.5 Å². The van der Waals surface area contributed by atoms with Crippen LogP contribution in [0.4, 0.5) is 0 Å². The fourth-order valence-corrected chi connectivity index (χ4v) is 4.41. The lowest BCUT2D eigenvalue weighted by molar-refractivity contribution is 0.470. The molecular weight excluding hydrogens is 404 g/mol. The second-order valence-corrected chi connectivity index (χ2v) is 8.30. The minimum atomic E-state index is -4.18. The van der Waals surface area contributed by atoms with Crippen molar-refractivity contribution in [3.63, 3.8) is 0 Å². The van der Waals surface area contributed by atoms with E-state index in [0.29, 0.717) is 17.2 Å². The van der Waals surface area contributed by atoms with Gasteiger partial charge in [0.2, 0.25) is 0 Å². The summed E-state index contributed by atoms with van der Waals surface area (Å²) < 4.78 is 33.6. The summed E-state index contributed by atoms with van der Waals surface area (Å²) in [5.74, 6) is 0.540. The van der Waals surface area contributed by atoms with Crippen molar-refractivity contribution in [2.24, 2.45) is 5.11 Å². The summed E-state index contributed by atoms with van der Waals surface area (Å²) in [7, 11) is -4.18. The predicted octanol–water partition coefficient (Wildman–Crippen LogP) is 4.07. The Morgan fingerprint density at radius 2 is 1.90 bits per heavy atom. The average Bonchev–Trinajstić information content (AvgIpc) is 3.09. The standard InChI is InChI=1S/C20H22N6O3S/c1-15(2)19-20(30(27,28)29-17-9-4-3-5-10-17)26(14-16-8-6-7-12-22-16)18(24-19)11-13-23-25-21/h3-10,12,15H,11,13-14H2,1-2H3. The van der Waals surface area contributed by atoms with Crippen molar-refractivity contribution in [3.05, 3.63) is 82.4 Å². The van der Waals surface area contributed by atoms with Crippen LogP contribution in [0.15, 0.2) is 64.9 Å². The van der Waals surface area contributed by atoms with E-state index in [0.717, 1.165) is 0 Å². The maximum atomic E-state index is 13.3. The van der Waals surface area contributed by atoms with E-state index < -0.39 is 10.1 Å². The molecule has 0 saturated carbocycles. The van der Waals surface area contributed by atoms with Crippen LogP contribution in [-0.2, 0) is 23.1 Å². The molecule has 1 aromatic carbocycles. The van der Waals surface area contributed by atoms with Crippen LogP contribution in [0.3, 0.4) is 0 Å². The Morgan fingerprint density at radius 3 is 2.53 bits per heavy atom. The number of para-hydroxylation sites is 1. The van der Waals surface area contributed by atoms with E-state index in [9.17, 15) is 8.42 Å². The van der Waals surface area contributed by atoms with Crippen molar-refractivity contribution >= 4 is 10.1 Å². The van der Waals surface area contributed by atoms with Crippen LogP contribution >= 0.6 is 0 Å². The average molecular weight is 427 g/mol. The lowest BCUT2D eigenvalue weighted by Crippen LogP contribution is -2.19. The van der Waals surface area contributed by atoms with Crippen molar-refractivity contribution in [2.45, 2.75) is 37.8 Å².